The minimum absolute atomic E-state index is 0.0586. The molecule has 0 aromatic heterocycles. The van der Waals surface area contributed by atoms with Crippen molar-refractivity contribution in [2.45, 2.75) is 12.5 Å². The van der Waals surface area contributed by atoms with Crippen molar-refractivity contribution in [3.63, 3.8) is 0 Å². The summed E-state index contributed by atoms with van der Waals surface area (Å²) < 4.78 is 5.61. The normalized spacial score (nSPS) is 10.5. The average Bonchev–Trinajstić information content (AvgIpc) is 2.69. The van der Waals surface area contributed by atoms with Gasteiger partial charge in [0.05, 0.1) is 19.1 Å². The predicted octanol–water partition coefficient (Wildman–Crippen LogP) is 5.01. The Kier molecular flexibility index (Phi) is 6.29. The quantitative estimate of drug-likeness (QED) is 0.638. The molecule has 3 aromatic rings. The summed E-state index contributed by atoms with van der Waals surface area (Å²) >= 11 is 5.85. The summed E-state index contributed by atoms with van der Waals surface area (Å²) in [5, 5.41) is 3.76. The van der Waals surface area contributed by atoms with E-state index in [1.807, 2.05) is 60.7 Å². The van der Waals surface area contributed by atoms with Crippen LogP contribution in [-0.4, -0.2) is 12.5 Å². The average molecular weight is 366 g/mol. The van der Waals surface area contributed by atoms with Crippen LogP contribution in [0.5, 0.6) is 5.75 Å². The molecule has 4 heteroatoms. The number of rotatable bonds is 7. The molecule has 0 saturated carbocycles. The molecule has 0 fully saturated rings. The molecule has 0 saturated heterocycles. The van der Waals surface area contributed by atoms with Gasteiger partial charge in [0.25, 0.3) is 0 Å². The Morgan fingerprint density at radius 2 is 1.38 bits per heavy atom. The Balaban J connectivity index is 1.61. The van der Waals surface area contributed by atoms with Gasteiger partial charge in [0.1, 0.15) is 5.75 Å². The van der Waals surface area contributed by atoms with Gasteiger partial charge < -0.3 is 10.1 Å². The summed E-state index contributed by atoms with van der Waals surface area (Å²) in [4.78, 5) is 12.4. The zero-order valence-corrected chi connectivity index (χ0v) is 15.0. The molecule has 0 aliphatic heterocycles. The molecule has 3 rings (SSSR count). The van der Waals surface area contributed by atoms with Crippen molar-refractivity contribution in [2.24, 2.45) is 0 Å². The number of ether oxygens (including phenoxy) is 1. The molecular formula is C22H20ClNO2. The van der Waals surface area contributed by atoms with E-state index in [-0.39, 0.29) is 18.4 Å². The molecule has 3 nitrogen and oxygen atoms in total. The molecule has 0 spiro atoms. The molecule has 1 amide bonds. The van der Waals surface area contributed by atoms with E-state index in [0.717, 1.165) is 11.1 Å². The van der Waals surface area contributed by atoms with Crippen molar-refractivity contribution < 1.29 is 9.53 Å². The number of nitrogens with one attached hydrogen (secondary N) is 1. The molecule has 0 heterocycles. The Bertz CT molecular complexity index is 780. The fourth-order valence-electron chi connectivity index (χ4n) is 2.68. The molecule has 0 radical (unpaired) electrons. The fraction of sp³-hybridized carbons (Fsp3) is 0.136. The van der Waals surface area contributed by atoms with Gasteiger partial charge in [-0.25, -0.2) is 0 Å². The smallest absolute Gasteiger partial charge is 0.224 e. The molecule has 26 heavy (non-hydrogen) atoms. The summed E-state index contributed by atoms with van der Waals surface area (Å²) in [5.74, 6) is 0.640. The Hall–Kier alpha value is -2.78. The van der Waals surface area contributed by atoms with Crippen LogP contribution >= 0.6 is 11.6 Å². The van der Waals surface area contributed by atoms with Gasteiger partial charge in [-0.1, -0.05) is 72.3 Å². The van der Waals surface area contributed by atoms with Crippen LogP contribution in [0.1, 0.15) is 23.6 Å². The largest absolute Gasteiger partial charge is 0.493 e. The molecule has 1 N–H and O–H groups in total. The van der Waals surface area contributed by atoms with E-state index in [4.69, 9.17) is 16.3 Å². The third kappa shape index (κ3) is 5.11. The number of carbonyl (C=O) groups excluding carboxylic acids is 1. The summed E-state index contributed by atoms with van der Waals surface area (Å²) in [7, 11) is 0. The maximum atomic E-state index is 12.4. The monoisotopic (exact) mass is 365 g/mol. The lowest BCUT2D eigenvalue weighted by Gasteiger charge is -2.20. The number of benzene rings is 3. The van der Waals surface area contributed by atoms with E-state index in [1.54, 1.807) is 24.3 Å². The zero-order valence-electron chi connectivity index (χ0n) is 14.3. The van der Waals surface area contributed by atoms with Crippen LogP contribution in [0.2, 0.25) is 5.02 Å². The van der Waals surface area contributed by atoms with Crippen molar-refractivity contribution in [1.29, 1.82) is 0 Å². The summed E-state index contributed by atoms with van der Waals surface area (Å²) in [5.41, 5.74) is 2.09. The third-order valence-corrected chi connectivity index (χ3v) is 4.23. The summed E-state index contributed by atoms with van der Waals surface area (Å²) in [6.45, 7) is 0.309. The number of hydrogen-bond donors (Lipinski definition) is 1. The van der Waals surface area contributed by atoms with Gasteiger partial charge in [-0.2, -0.15) is 0 Å². The van der Waals surface area contributed by atoms with Gasteiger partial charge in [-0.15, -0.1) is 0 Å². The molecule has 3 aromatic carbocycles. The maximum Gasteiger partial charge on any atom is 0.224 e. The van der Waals surface area contributed by atoms with Gasteiger partial charge in [0.15, 0.2) is 0 Å². The molecular weight excluding hydrogens is 346 g/mol. The van der Waals surface area contributed by atoms with Crippen LogP contribution in [-0.2, 0) is 4.79 Å². The van der Waals surface area contributed by atoms with Gasteiger partial charge in [0, 0.05) is 5.02 Å². The van der Waals surface area contributed by atoms with Gasteiger partial charge in [0.2, 0.25) is 5.91 Å². The first kappa shape index (κ1) is 18.0. The highest BCUT2D eigenvalue weighted by atomic mass is 35.5. The van der Waals surface area contributed by atoms with Crippen molar-refractivity contribution >= 4 is 17.5 Å². The predicted molar refractivity (Wildman–Crippen MR) is 104 cm³/mol. The van der Waals surface area contributed by atoms with Crippen LogP contribution in [0.25, 0.3) is 0 Å². The van der Waals surface area contributed by atoms with Gasteiger partial charge in [-0.05, 0) is 35.4 Å². The van der Waals surface area contributed by atoms with Crippen LogP contribution < -0.4 is 10.1 Å². The molecule has 0 atom stereocenters. The highest BCUT2D eigenvalue weighted by Gasteiger charge is 2.16. The van der Waals surface area contributed by atoms with E-state index in [2.05, 4.69) is 5.32 Å². The topological polar surface area (TPSA) is 38.3 Å². The van der Waals surface area contributed by atoms with Crippen molar-refractivity contribution in [1.82, 2.24) is 5.32 Å². The Labute approximate surface area is 158 Å². The van der Waals surface area contributed by atoms with E-state index < -0.39 is 0 Å². The summed E-state index contributed by atoms with van der Waals surface area (Å²) in [6, 6.07) is 26.8. The van der Waals surface area contributed by atoms with E-state index >= 15 is 0 Å². The summed E-state index contributed by atoms with van der Waals surface area (Å²) in [6.07, 6.45) is 0.277. The minimum atomic E-state index is -0.180. The van der Waals surface area contributed by atoms with E-state index in [1.165, 1.54) is 0 Å². The van der Waals surface area contributed by atoms with E-state index in [0.29, 0.717) is 17.4 Å². The van der Waals surface area contributed by atoms with Crippen LogP contribution in [0, 0.1) is 0 Å². The van der Waals surface area contributed by atoms with Crippen LogP contribution in [0.3, 0.4) is 0 Å². The van der Waals surface area contributed by atoms with Gasteiger partial charge in [-0.3, -0.25) is 4.79 Å². The van der Waals surface area contributed by atoms with Crippen LogP contribution in [0.15, 0.2) is 84.9 Å². The van der Waals surface area contributed by atoms with Crippen molar-refractivity contribution in [3.05, 3.63) is 101 Å². The second kappa shape index (κ2) is 9.07. The lowest BCUT2D eigenvalue weighted by molar-refractivity contribution is -0.122. The van der Waals surface area contributed by atoms with Crippen molar-refractivity contribution in [3.8, 4) is 5.75 Å². The second-order valence-corrected chi connectivity index (χ2v) is 6.31. The first-order valence-electron chi connectivity index (χ1n) is 8.50. The molecule has 0 unspecified atom stereocenters. The number of amides is 1. The minimum Gasteiger partial charge on any atom is -0.493 e. The highest BCUT2D eigenvalue weighted by Crippen LogP contribution is 2.22. The number of halogens is 1. The SMILES string of the molecule is O=C(CCOc1ccc(Cl)cc1)NC(c1ccccc1)c1ccccc1. The Morgan fingerprint density at radius 1 is 0.846 bits per heavy atom. The van der Waals surface area contributed by atoms with Crippen LogP contribution in [0.4, 0.5) is 0 Å². The van der Waals surface area contributed by atoms with Gasteiger partial charge >= 0.3 is 0 Å². The second-order valence-electron chi connectivity index (χ2n) is 5.87. The lowest BCUT2D eigenvalue weighted by atomic mass is 9.98. The first-order valence-corrected chi connectivity index (χ1v) is 8.88. The number of hydrogen-bond acceptors (Lipinski definition) is 2. The van der Waals surface area contributed by atoms with Crippen molar-refractivity contribution in [2.75, 3.05) is 6.61 Å². The highest BCUT2D eigenvalue weighted by molar-refractivity contribution is 6.30. The first-order chi connectivity index (χ1) is 12.7. The number of carbonyl (C=O) groups is 1. The third-order valence-electron chi connectivity index (χ3n) is 3.98. The molecule has 0 aliphatic rings. The van der Waals surface area contributed by atoms with E-state index in [9.17, 15) is 4.79 Å². The molecule has 0 aliphatic carbocycles. The zero-order chi connectivity index (χ0) is 18.2. The fourth-order valence-corrected chi connectivity index (χ4v) is 2.80. The lowest BCUT2D eigenvalue weighted by Crippen LogP contribution is -2.30. The maximum absolute atomic E-state index is 12.4. The molecule has 0 bridgehead atoms. The standard InChI is InChI=1S/C22H20ClNO2/c23-19-11-13-20(14-12-19)26-16-15-21(25)24-22(17-7-3-1-4-8-17)18-9-5-2-6-10-18/h1-14,22H,15-16H2,(H,24,25). The molecule has 132 valence electrons. The Morgan fingerprint density at radius 3 is 1.92 bits per heavy atom.